The number of pyridine rings is 1. The predicted octanol–water partition coefficient (Wildman–Crippen LogP) is 2.32. The summed E-state index contributed by atoms with van der Waals surface area (Å²) in [5.74, 6) is -0.00410. The summed E-state index contributed by atoms with van der Waals surface area (Å²) in [5, 5.41) is 4.91. The van der Waals surface area contributed by atoms with Crippen LogP contribution in [0, 0.1) is 0 Å². The summed E-state index contributed by atoms with van der Waals surface area (Å²) in [7, 11) is 0. The fourth-order valence-electron chi connectivity index (χ4n) is 2.42. The Kier molecular flexibility index (Phi) is 3.85. The molecule has 1 aliphatic heterocycles. The molecule has 0 atom stereocenters. The maximum Gasteiger partial charge on any atom is 0.272 e. The van der Waals surface area contributed by atoms with E-state index >= 15 is 0 Å². The molecule has 0 unspecified atom stereocenters. The first-order valence-corrected chi connectivity index (χ1v) is 7.18. The number of aromatic nitrogens is 1. The van der Waals surface area contributed by atoms with Gasteiger partial charge in [-0.1, -0.05) is 23.7 Å². The minimum Gasteiger partial charge on any atom is -0.336 e. The Labute approximate surface area is 122 Å². The molecule has 1 saturated heterocycles. The molecular weight excluding hydrogens is 274 g/mol. The first-order valence-electron chi connectivity index (χ1n) is 6.80. The van der Waals surface area contributed by atoms with Gasteiger partial charge < -0.3 is 10.2 Å². The second-order valence-corrected chi connectivity index (χ2v) is 5.37. The summed E-state index contributed by atoms with van der Waals surface area (Å²) in [6.07, 6.45) is 0.977. The molecule has 0 aliphatic carbocycles. The van der Waals surface area contributed by atoms with Crippen LogP contribution in [0.25, 0.3) is 10.9 Å². The number of hydrogen-bond acceptors (Lipinski definition) is 3. The minimum atomic E-state index is -0.00410. The smallest absolute Gasteiger partial charge is 0.272 e. The highest BCUT2D eigenvalue weighted by molar-refractivity contribution is 6.31. The summed E-state index contributed by atoms with van der Waals surface area (Å²) < 4.78 is 0. The maximum absolute atomic E-state index is 12.5. The zero-order valence-corrected chi connectivity index (χ0v) is 11.9. The third-order valence-electron chi connectivity index (χ3n) is 3.50. The molecule has 0 radical (unpaired) electrons. The molecule has 1 aliphatic rings. The summed E-state index contributed by atoms with van der Waals surface area (Å²) in [6.45, 7) is 3.31. The van der Waals surface area contributed by atoms with E-state index in [2.05, 4.69) is 10.3 Å². The topological polar surface area (TPSA) is 45.2 Å². The van der Waals surface area contributed by atoms with Gasteiger partial charge in [-0.05, 0) is 31.2 Å². The molecule has 1 aromatic heterocycles. The van der Waals surface area contributed by atoms with Crippen molar-refractivity contribution in [2.75, 3.05) is 26.2 Å². The van der Waals surface area contributed by atoms with E-state index in [1.54, 1.807) is 12.1 Å². The molecule has 1 fully saturated rings. The molecular formula is C15H16ClN3O. The van der Waals surface area contributed by atoms with Crippen molar-refractivity contribution in [1.29, 1.82) is 0 Å². The third kappa shape index (κ3) is 2.76. The molecule has 2 aromatic rings. The first kappa shape index (κ1) is 13.3. The SMILES string of the molecule is O=C(c1ccc2ccc(Cl)cc2n1)N1CCCNCC1. The van der Waals surface area contributed by atoms with Gasteiger partial charge in [0.15, 0.2) is 0 Å². The number of halogens is 1. The largest absolute Gasteiger partial charge is 0.336 e. The van der Waals surface area contributed by atoms with E-state index in [1.807, 2.05) is 23.1 Å². The van der Waals surface area contributed by atoms with Crippen LogP contribution in [-0.4, -0.2) is 42.0 Å². The third-order valence-corrected chi connectivity index (χ3v) is 3.74. The molecule has 3 rings (SSSR count). The number of fused-ring (bicyclic) bond motifs is 1. The van der Waals surface area contributed by atoms with Gasteiger partial charge in [0.2, 0.25) is 0 Å². The minimum absolute atomic E-state index is 0.00410. The van der Waals surface area contributed by atoms with Crippen LogP contribution in [0.2, 0.25) is 5.02 Å². The number of benzene rings is 1. The van der Waals surface area contributed by atoms with Gasteiger partial charge in [-0.2, -0.15) is 0 Å². The van der Waals surface area contributed by atoms with Gasteiger partial charge in [-0.25, -0.2) is 4.98 Å². The zero-order valence-electron chi connectivity index (χ0n) is 11.1. The van der Waals surface area contributed by atoms with E-state index in [1.165, 1.54) is 0 Å². The Balaban J connectivity index is 1.90. The number of amides is 1. The van der Waals surface area contributed by atoms with E-state index < -0.39 is 0 Å². The number of nitrogens with one attached hydrogen (secondary N) is 1. The highest BCUT2D eigenvalue weighted by Gasteiger charge is 2.18. The van der Waals surface area contributed by atoms with Crippen LogP contribution in [0.4, 0.5) is 0 Å². The summed E-state index contributed by atoms with van der Waals surface area (Å²) >= 11 is 5.98. The summed E-state index contributed by atoms with van der Waals surface area (Å²) in [6, 6.07) is 9.23. The van der Waals surface area contributed by atoms with Crippen molar-refractivity contribution in [3.05, 3.63) is 41.0 Å². The van der Waals surface area contributed by atoms with Crippen molar-refractivity contribution in [2.24, 2.45) is 0 Å². The van der Waals surface area contributed by atoms with Gasteiger partial charge in [0.1, 0.15) is 5.69 Å². The molecule has 1 amide bonds. The van der Waals surface area contributed by atoms with Crippen LogP contribution in [0.5, 0.6) is 0 Å². The van der Waals surface area contributed by atoms with Crippen molar-refractivity contribution in [3.8, 4) is 0 Å². The first-order chi connectivity index (χ1) is 9.74. The van der Waals surface area contributed by atoms with Crippen LogP contribution in [0.3, 0.4) is 0 Å². The van der Waals surface area contributed by atoms with Gasteiger partial charge in [0, 0.05) is 30.0 Å². The average Bonchev–Trinajstić information content (AvgIpc) is 2.74. The lowest BCUT2D eigenvalue weighted by Crippen LogP contribution is -2.34. The van der Waals surface area contributed by atoms with E-state index in [-0.39, 0.29) is 5.91 Å². The van der Waals surface area contributed by atoms with Crippen molar-refractivity contribution in [1.82, 2.24) is 15.2 Å². The molecule has 0 spiro atoms. The molecule has 20 heavy (non-hydrogen) atoms. The van der Waals surface area contributed by atoms with Gasteiger partial charge in [0.05, 0.1) is 5.52 Å². The molecule has 0 bridgehead atoms. The molecule has 5 heteroatoms. The van der Waals surface area contributed by atoms with Crippen LogP contribution in [-0.2, 0) is 0 Å². The second-order valence-electron chi connectivity index (χ2n) is 4.93. The van der Waals surface area contributed by atoms with Gasteiger partial charge >= 0.3 is 0 Å². The maximum atomic E-state index is 12.5. The number of rotatable bonds is 1. The van der Waals surface area contributed by atoms with Crippen LogP contribution in [0.15, 0.2) is 30.3 Å². The van der Waals surface area contributed by atoms with E-state index in [9.17, 15) is 4.79 Å². The Hall–Kier alpha value is -1.65. The molecule has 4 nitrogen and oxygen atoms in total. The van der Waals surface area contributed by atoms with Gasteiger partial charge in [0.25, 0.3) is 5.91 Å². The number of carbonyl (C=O) groups excluding carboxylic acids is 1. The fourth-order valence-corrected chi connectivity index (χ4v) is 2.59. The van der Waals surface area contributed by atoms with Crippen molar-refractivity contribution < 1.29 is 4.79 Å². The van der Waals surface area contributed by atoms with Crippen molar-refractivity contribution >= 4 is 28.4 Å². The fraction of sp³-hybridized carbons (Fsp3) is 0.333. The highest BCUT2D eigenvalue weighted by atomic mass is 35.5. The molecule has 1 N–H and O–H groups in total. The summed E-state index contributed by atoms with van der Waals surface area (Å²) in [4.78, 5) is 18.8. The standard InChI is InChI=1S/C15H16ClN3O/c16-12-4-2-11-3-5-13(18-14(11)10-12)15(20)19-8-1-6-17-7-9-19/h2-5,10,17H,1,6-9H2. The van der Waals surface area contributed by atoms with Gasteiger partial charge in [-0.3, -0.25) is 4.79 Å². The zero-order chi connectivity index (χ0) is 13.9. The van der Waals surface area contributed by atoms with E-state index in [4.69, 9.17) is 11.6 Å². The normalized spacial score (nSPS) is 16.1. The molecule has 2 heterocycles. The van der Waals surface area contributed by atoms with Gasteiger partial charge in [-0.15, -0.1) is 0 Å². The average molecular weight is 290 g/mol. The quantitative estimate of drug-likeness (QED) is 0.876. The lowest BCUT2D eigenvalue weighted by molar-refractivity contribution is 0.0761. The predicted molar refractivity (Wildman–Crippen MR) is 80.1 cm³/mol. The number of carbonyl (C=O) groups is 1. The van der Waals surface area contributed by atoms with Crippen LogP contribution >= 0.6 is 11.6 Å². The van der Waals surface area contributed by atoms with Crippen LogP contribution < -0.4 is 5.32 Å². The van der Waals surface area contributed by atoms with Crippen molar-refractivity contribution in [3.63, 3.8) is 0 Å². The highest BCUT2D eigenvalue weighted by Crippen LogP contribution is 2.18. The van der Waals surface area contributed by atoms with E-state index in [0.29, 0.717) is 10.7 Å². The number of hydrogen-bond donors (Lipinski definition) is 1. The lowest BCUT2D eigenvalue weighted by Gasteiger charge is -2.19. The monoisotopic (exact) mass is 289 g/mol. The Morgan fingerprint density at radius 3 is 2.95 bits per heavy atom. The summed E-state index contributed by atoms with van der Waals surface area (Å²) in [5.41, 5.74) is 1.25. The Morgan fingerprint density at radius 2 is 2.05 bits per heavy atom. The Morgan fingerprint density at radius 1 is 1.20 bits per heavy atom. The molecule has 104 valence electrons. The Bertz CT molecular complexity index is 636. The van der Waals surface area contributed by atoms with Crippen LogP contribution in [0.1, 0.15) is 16.9 Å². The van der Waals surface area contributed by atoms with Crippen molar-refractivity contribution in [2.45, 2.75) is 6.42 Å². The molecule has 1 aromatic carbocycles. The molecule has 0 saturated carbocycles. The lowest BCUT2D eigenvalue weighted by atomic mass is 10.2. The number of nitrogens with zero attached hydrogens (tertiary/aromatic N) is 2. The van der Waals surface area contributed by atoms with E-state index in [0.717, 1.165) is 43.5 Å². The second kappa shape index (κ2) is 5.77.